The fraction of sp³-hybridized carbons (Fsp3) is 0.500. The van der Waals surface area contributed by atoms with Crippen LogP contribution in [0.1, 0.15) is 19.3 Å². The van der Waals surface area contributed by atoms with Crippen LogP contribution in [0, 0.1) is 11.8 Å². The van der Waals surface area contributed by atoms with E-state index in [9.17, 15) is 9.59 Å². The van der Waals surface area contributed by atoms with Gasteiger partial charge in [-0.3, -0.25) is 14.6 Å². The first kappa shape index (κ1) is 17.9. The molecule has 0 aromatic carbocycles. The van der Waals surface area contributed by atoms with Crippen LogP contribution in [0.4, 0.5) is 0 Å². The van der Waals surface area contributed by atoms with Crippen LogP contribution in [0.3, 0.4) is 0 Å². The van der Waals surface area contributed by atoms with E-state index in [-0.39, 0.29) is 11.5 Å². The van der Waals surface area contributed by atoms with Crippen LogP contribution >= 0.6 is 0 Å². The van der Waals surface area contributed by atoms with E-state index in [1.54, 1.807) is 29.2 Å². The Labute approximate surface area is 158 Å². The maximum atomic E-state index is 12.2. The molecule has 4 rings (SSSR count). The van der Waals surface area contributed by atoms with Crippen molar-refractivity contribution in [3.63, 3.8) is 0 Å². The number of nitrogens with zero attached hydrogens (tertiary/aromatic N) is 4. The summed E-state index contributed by atoms with van der Waals surface area (Å²) < 4.78 is 1.61. The van der Waals surface area contributed by atoms with E-state index in [1.165, 1.54) is 0 Å². The largest absolute Gasteiger partial charge is 0.356 e. The monoisotopic (exact) mass is 367 g/mol. The standard InChI is InChI=1S/C20H25N5O2/c26-19-11-16(12-22-19)13-24-9-5-15(6-10-24)14-25-20(27)2-1-18(23-25)17-3-7-21-8-4-17/h1-4,7-8,15-16H,5-6,9-14H2,(H,22,26). The van der Waals surface area contributed by atoms with Gasteiger partial charge in [-0.2, -0.15) is 5.10 Å². The van der Waals surface area contributed by atoms with Gasteiger partial charge in [-0.15, -0.1) is 0 Å². The van der Waals surface area contributed by atoms with E-state index in [2.05, 4.69) is 20.3 Å². The van der Waals surface area contributed by atoms with Gasteiger partial charge in [-0.1, -0.05) is 0 Å². The van der Waals surface area contributed by atoms with Crippen molar-refractivity contribution in [2.24, 2.45) is 11.8 Å². The molecule has 142 valence electrons. The Balaban J connectivity index is 1.35. The van der Waals surface area contributed by atoms with E-state index < -0.39 is 0 Å². The zero-order valence-corrected chi connectivity index (χ0v) is 15.4. The molecular weight excluding hydrogens is 342 g/mol. The van der Waals surface area contributed by atoms with Gasteiger partial charge in [0, 0.05) is 50.1 Å². The van der Waals surface area contributed by atoms with Crippen LogP contribution < -0.4 is 10.9 Å². The number of nitrogens with one attached hydrogen (secondary N) is 1. The maximum absolute atomic E-state index is 12.2. The topological polar surface area (TPSA) is 80.1 Å². The Hall–Kier alpha value is -2.54. The molecule has 4 heterocycles. The zero-order chi connectivity index (χ0) is 18.6. The second-order valence-corrected chi connectivity index (χ2v) is 7.59. The number of hydrogen-bond acceptors (Lipinski definition) is 5. The molecule has 27 heavy (non-hydrogen) atoms. The third-order valence-corrected chi connectivity index (χ3v) is 5.56. The number of carbonyl (C=O) groups excluding carboxylic acids is 1. The highest BCUT2D eigenvalue weighted by atomic mass is 16.2. The molecule has 2 saturated heterocycles. The predicted octanol–water partition coefficient (Wildman–Crippen LogP) is 1.15. The summed E-state index contributed by atoms with van der Waals surface area (Å²) >= 11 is 0. The Morgan fingerprint density at radius 1 is 1.00 bits per heavy atom. The lowest BCUT2D eigenvalue weighted by molar-refractivity contribution is -0.119. The van der Waals surface area contributed by atoms with Gasteiger partial charge in [0.2, 0.25) is 5.91 Å². The summed E-state index contributed by atoms with van der Waals surface area (Å²) in [5.74, 6) is 1.08. The SMILES string of the molecule is O=C1CC(CN2CCC(Cn3nc(-c4ccncc4)ccc3=O)CC2)CN1. The molecule has 2 aromatic rings. The van der Waals surface area contributed by atoms with Gasteiger partial charge in [0.25, 0.3) is 5.56 Å². The van der Waals surface area contributed by atoms with Gasteiger partial charge in [0.1, 0.15) is 0 Å². The van der Waals surface area contributed by atoms with Crippen LogP contribution in [0.25, 0.3) is 11.3 Å². The van der Waals surface area contributed by atoms with E-state index in [0.717, 1.165) is 50.3 Å². The van der Waals surface area contributed by atoms with Crippen molar-refractivity contribution in [3.8, 4) is 11.3 Å². The summed E-state index contributed by atoms with van der Waals surface area (Å²) in [6.45, 7) is 4.50. The third-order valence-electron chi connectivity index (χ3n) is 5.56. The molecule has 7 heteroatoms. The maximum Gasteiger partial charge on any atom is 0.266 e. The first-order chi connectivity index (χ1) is 13.2. The minimum atomic E-state index is -0.0502. The first-order valence-corrected chi connectivity index (χ1v) is 9.65. The van der Waals surface area contributed by atoms with Gasteiger partial charge in [0.15, 0.2) is 0 Å². The van der Waals surface area contributed by atoms with Crippen molar-refractivity contribution in [3.05, 3.63) is 47.0 Å². The molecule has 1 N–H and O–H groups in total. The average molecular weight is 367 g/mol. The second-order valence-electron chi connectivity index (χ2n) is 7.59. The Morgan fingerprint density at radius 2 is 1.78 bits per heavy atom. The zero-order valence-electron chi connectivity index (χ0n) is 15.4. The number of rotatable bonds is 5. The van der Waals surface area contributed by atoms with Crippen molar-refractivity contribution in [1.29, 1.82) is 0 Å². The fourth-order valence-corrected chi connectivity index (χ4v) is 4.01. The molecule has 2 aliphatic heterocycles. The lowest BCUT2D eigenvalue weighted by Gasteiger charge is -2.33. The molecule has 0 saturated carbocycles. The molecule has 0 aliphatic carbocycles. The molecule has 1 atom stereocenters. The van der Waals surface area contributed by atoms with Crippen LogP contribution in [0.2, 0.25) is 0 Å². The van der Waals surface area contributed by atoms with Crippen LogP contribution in [0.5, 0.6) is 0 Å². The van der Waals surface area contributed by atoms with E-state index in [0.29, 0.717) is 24.8 Å². The number of hydrogen-bond donors (Lipinski definition) is 1. The molecular formula is C20H25N5O2. The van der Waals surface area contributed by atoms with Crippen LogP contribution in [-0.2, 0) is 11.3 Å². The van der Waals surface area contributed by atoms with Gasteiger partial charge in [-0.05, 0) is 56.0 Å². The van der Waals surface area contributed by atoms with Crippen LogP contribution in [-0.4, -0.2) is 51.8 Å². The molecule has 1 amide bonds. The number of amides is 1. The molecule has 0 radical (unpaired) electrons. The quantitative estimate of drug-likeness (QED) is 0.858. The smallest absolute Gasteiger partial charge is 0.266 e. The molecule has 2 aromatic heterocycles. The summed E-state index contributed by atoms with van der Waals surface area (Å²) in [7, 11) is 0. The Morgan fingerprint density at radius 3 is 2.48 bits per heavy atom. The van der Waals surface area contributed by atoms with E-state index >= 15 is 0 Å². The Bertz CT molecular complexity index is 843. The van der Waals surface area contributed by atoms with Gasteiger partial charge in [0.05, 0.1) is 5.69 Å². The third kappa shape index (κ3) is 4.42. The lowest BCUT2D eigenvalue weighted by Crippen LogP contribution is -2.39. The number of aromatic nitrogens is 3. The highest BCUT2D eigenvalue weighted by molar-refractivity contribution is 5.78. The van der Waals surface area contributed by atoms with Crippen molar-refractivity contribution in [1.82, 2.24) is 25.0 Å². The second kappa shape index (κ2) is 8.00. The van der Waals surface area contributed by atoms with Crippen molar-refractivity contribution >= 4 is 5.91 Å². The van der Waals surface area contributed by atoms with Crippen molar-refractivity contribution in [2.45, 2.75) is 25.8 Å². The summed E-state index contributed by atoms with van der Waals surface area (Å²) in [6.07, 6.45) is 6.23. The van der Waals surface area contributed by atoms with Gasteiger partial charge in [-0.25, -0.2) is 4.68 Å². The molecule has 2 fully saturated rings. The molecule has 0 spiro atoms. The lowest BCUT2D eigenvalue weighted by atomic mass is 9.95. The minimum absolute atomic E-state index is 0.0502. The average Bonchev–Trinajstić information content (AvgIpc) is 3.10. The minimum Gasteiger partial charge on any atom is -0.356 e. The summed E-state index contributed by atoms with van der Waals surface area (Å²) in [6, 6.07) is 7.17. The molecule has 1 unspecified atom stereocenters. The summed E-state index contributed by atoms with van der Waals surface area (Å²) in [5.41, 5.74) is 1.71. The summed E-state index contributed by atoms with van der Waals surface area (Å²) in [5, 5.41) is 7.47. The van der Waals surface area contributed by atoms with Crippen LogP contribution in [0.15, 0.2) is 41.5 Å². The van der Waals surface area contributed by atoms with Crippen molar-refractivity contribution in [2.75, 3.05) is 26.2 Å². The first-order valence-electron chi connectivity index (χ1n) is 9.65. The van der Waals surface area contributed by atoms with Gasteiger partial charge >= 0.3 is 0 Å². The highest BCUT2D eigenvalue weighted by Gasteiger charge is 2.26. The normalized spacial score (nSPS) is 21.3. The van der Waals surface area contributed by atoms with Gasteiger partial charge < -0.3 is 10.2 Å². The Kier molecular flexibility index (Phi) is 5.29. The highest BCUT2D eigenvalue weighted by Crippen LogP contribution is 2.21. The van der Waals surface area contributed by atoms with E-state index in [4.69, 9.17) is 0 Å². The van der Waals surface area contributed by atoms with Crippen molar-refractivity contribution < 1.29 is 4.79 Å². The molecule has 0 bridgehead atoms. The fourth-order valence-electron chi connectivity index (χ4n) is 4.01. The molecule has 7 nitrogen and oxygen atoms in total. The van der Waals surface area contributed by atoms with E-state index in [1.807, 2.05) is 12.1 Å². The number of likely N-dealkylation sites (tertiary alicyclic amines) is 1. The molecule has 2 aliphatic rings. The predicted molar refractivity (Wildman–Crippen MR) is 102 cm³/mol. The summed E-state index contributed by atoms with van der Waals surface area (Å²) in [4.78, 5) is 30.1. The number of piperidine rings is 1. The number of pyridine rings is 1. The number of carbonyl (C=O) groups is 1.